The van der Waals surface area contributed by atoms with Crippen molar-refractivity contribution in [3.63, 3.8) is 0 Å². The molecule has 0 aliphatic heterocycles. The number of carbonyl (C=O) groups is 3. The molecule has 0 unspecified atom stereocenters. The summed E-state index contributed by atoms with van der Waals surface area (Å²) < 4.78 is 13.6. The van der Waals surface area contributed by atoms with Crippen molar-refractivity contribution in [1.29, 1.82) is 0 Å². The Bertz CT molecular complexity index is 1050. The van der Waals surface area contributed by atoms with Gasteiger partial charge in [0.25, 0.3) is 0 Å². The molecule has 29 heavy (non-hydrogen) atoms. The smallest absolute Gasteiger partial charge is 0.315 e. The molecule has 1 aromatic heterocycles. The van der Waals surface area contributed by atoms with Crippen LogP contribution >= 0.6 is 11.3 Å². The van der Waals surface area contributed by atoms with E-state index in [1.807, 2.05) is 0 Å². The number of hydrogen-bond acceptors (Lipinski definition) is 5. The zero-order valence-electron chi connectivity index (χ0n) is 15.4. The van der Waals surface area contributed by atoms with E-state index in [2.05, 4.69) is 26.3 Å². The molecule has 0 aliphatic carbocycles. The summed E-state index contributed by atoms with van der Waals surface area (Å²) in [5.41, 5.74) is 2.06. The maximum absolute atomic E-state index is 12.8. The van der Waals surface area contributed by atoms with Gasteiger partial charge in [-0.25, -0.2) is 14.2 Å². The Kier molecular flexibility index (Phi) is 6.35. The first kappa shape index (κ1) is 20.2. The van der Waals surface area contributed by atoms with Gasteiger partial charge in [-0.1, -0.05) is 23.5 Å². The molecule has 2 aromatic carbocycles. The second-order valence-electron chi connectivity index (χ2n) is 6.09. The van der Waals surface area contributed by atoms with Crippen molar-refractivity contribution in [1.82, 2.24) is 15.6 Å². The number of thiazole rings is 1. The van der Waals surface area contributed by atoms with E-state index in [1.165, 1.54) is 30.4 Å². The fraction of sp³-hybridized carbons (Fsp3) is 0.158. The van der Waals surface area contributed by atoms with Crippen LogP contribution in [-0.4, -0.2) is 29.4 Å². The fourth-order valence-electron chi connectivity index (χ4n) is 2.43. The van der Waals surface area contributed by atoms with E-state index < -0.39 is 11.9 Å². The standard InChI is InChI=1S/C19H18FN5O3S/c1-11(26)23-14-6-7-15-16(8-14)29-19(24-15)25-17(27)10-22-18(28)21-9-12-2-4-13(20)5-3-12/h2-8H,9-10H2,1H3,(H,23,26)(H2,21,22,28)(H,24,25,27). The lowest BCUT2D eigenvalue weighted by Gasteiger charge is -2.07. The van der Waals surface area contributed by atoms with Crippen molar-refractivity contribution in [3.05, 3.63) is 53.8 Å². The lowest BCUT2D eigenvalue weighted by Crippen LogP contribution is -2.39. The summed E-state index contributed by atoms with van der Waals surface area (Å²) in [5, 5.41) is 10.7. The van der Waals surface area contributed by atoms with Crippen LogP contribution in [0.25, 0.3) is 10.2 Å². The third-order valence-corrected chi connectivity index (χ3v) is 4.66. The molecular formula is C19H18FN5O3S. The maximum Gasteiger partial charge on any atom is 0.315 e. The van der Waals surface area contributed by atoms with Crippen molar-refractivity contribution >= 4 is 50.2 Å². The van der Waals surface area contributed by atoms with Crippen molar-refractivity contribution in [2.24, 2.45) is 0 Å². The molecule has 3 aromatic rings. The Hall–Kier alpha value is -3.53. The van der Waals surface area contributed by atoms with Crippen LogP contribution in [0.2, 0.25) is 0 Å². The van der Waals surface area contributed by atoms with Crippen molar-refractivity contribution in [3.8, 4) is 0 Å². The number of urea groups is 1. The normalized spacial score (nSPS) is 10.4. The maximum atomic E-state index is 12.8. The number of nitrogens with one attached hydrogen (secondary N) is 4. The topological polar surface area (TPSA) is 112 Å². The first-order valence-corrected chi connectivity index (χ1v) is 9.45. The molecule has 4 amide bonds. The van der Waals surface area contributed by atoms with Crippen LogP contribution in [0.15, 0.2) is 42.5 Å². The third kappa shape index (κ3) is 5.98. The number of hydrogen-bond donors (Lipinski definition) is 4. The van der Waals surface area contributed by atoms with Crippen molar-refractivity contribution < 1.29 is 18.8 Å². The summed E-state index contributed by atoms with van der Waals surface area (Å²) in [6.07, 6.45) is 0. The molecular weight excluding hydrogens is 397 g/mol. The van der Waals surface area contributed by atoms with Crippen LogP contribution in [0.5, 0.6) is 0 Å². The van der Waals surface area contributed by atoms with Gasteiger partial charge < -0.3 is 21.3 Å². The number of rotatable bonds is 6. The van der Waals surface area contributed by atoms with Gasteiger partial charge in [-0.15, -0.1) is 0 Å². The van der Waals surface area contributed by atoms with Gasteiger partial charge in [-0.2, -0.15) is 0 Å². The second-order valence-corrected chi connectivity index (χ2v) is 7.12. The number of fused-ring (bicyclic) bond motifs is 1. The largest absolute Gasteiger partial charge is 0.334 e. The van der Waals surface area contributed by atoms with E-state index in [-0.39, 0.29) is 24.8 Å². The van der Waals surface area contributed by atoms with Crippen LogP contribution < -0.4 is 21.3 Å². The van der Waals surface area contributed by atoms with E-state index in [9.17, 15) is 18.8 Å². The average molecular weight is 415 g/mol. The first-order chi connectivity index (χ1) is 13.9. The molecule has 0 radical (unpaired) electrons. The molecule has 10 heteroatoms. The molecule has 0 saturated heterocycles. The lowest BCUT2D eigenvalue weighted by molar-refractivity contribution is -0.115. The van der Waals surface area contributed by atoms with Crippen molar-refractivity contribution in [2.45, 2.75) is 13.5 Å². The fourth-order valence-corrected chi connectivity index (χ4v) is 3.35. The Morgan fingerprint density at radius 1 is 1.03 bits per heavy atom. The number of benzene rings is 2. The summed E-state index contributed by atoms with van der Waals surface area (Å²) in [6, 6.07) is 10.5. The number of nitrogens with zero attached hydrogens (tertiary/aromatic N) is 1. The number of aromatic nitrogens is 1. The number of carbonyl (C=O) groups excluding carboxylic acids is 3. The predicted molar refractivity (Wildman–Crippen MR) is 109 cm³/mol. The summed E-state index contributed by atoms with van der Waals surface area (Å²) in [4.78, 5) is 39.2. The zero-order valence-corrected chi connectivity index (χ0v) is 16.2. The minimum absolute atomic E-state index is 0.175. The van der Waals surface area contributed by atoms with Gasteiger partial charge in [-0.05, 0) is 35.9 Å². The van der Waals surface area contributed by atoms with Gasteiger partial charge in [0.05, 0.1) is 16.8 Å². The summed E-state index contributed by atoms with van der Waals surface area (Å²) in [6.45, 7) is 1.40. The quantitative estimate of drug-likeness (QED) is 0.496. The van der Waals surface area contributed by atoms with Gasteiger partial charge in [0.1, 0.15) is 5.82 Å². The summed E-state index contributed by atoms with van der Waals surface area (Å²) >= 11 is 1.26. The van der Waals surface area contributed by atoms with Crippen LogP contribution in [0.3, 0.4) is 0 Å². The second kappa shape index (κ2) is 9.11. The highest BCUT2D eigenvalue weighted by molar-refractivity contribution is 7.22. The molecule has 0 saturated carbocycles. The molecule has 1 heterocycles. The monoisotopic (exact) mass is 415 g/mol. The predicted octanol–water partition coefficient (Wildman–Crippen LogP) is 2.83. The molecule has 4 N–H and O–H groups in total. The molecule has 0 spiro atoms. The van der Waals surface area contributed by atoms with E-state index in [1.54, 1.807) is 30.3 Å². The van der Waals surface area contributed by atoms with Crippen LogP contribution in [0.4, 0.5) is 20.0 Å². The Labute approximate surface area is 169 Å². The number of anilines is 2. The van der Waals surface area contributed by atoms with Gasteiger partial charge in [0.2, 0.25) is 11.8 Å². The highest BCUT2D eigenvalue weighted by Gasteiger charge is 2.10. The number of halogens is 1. The highest BCUT2D eigenvalue weighted by atomic mass is 32.1. The molecule has 8 nitrogen and oxygen atoms in total. The minimum atomic E-state index is -0.520. The summed E-state index contributed by atoms with van der Waals surface area (Å²) in [5.74, 6) is -0.953. The molecule has 0 bridgehead atoms. The summed E-state index contributed by atoms with van der Waals surface area (Å²) in [7, 11) is 0. The van der Waals surface area contributed by atoms with Gasteiger partial charge >= 0.3 is 6.03 Å². The third-order valence-electron chi connectivity index (χ3n) is 3.73. The molecule has 150 valence electrons. The Morgan fingerprint density at radius 3 is 2.52 bits per heavy atom. The minimum Gasteiger partial charge on any atom is -0.334 e. The Morgan fingerprint density at radius 2 is 1.79 bits per heavy atom. The van der Waals surface area contributed by atoms with Crippen LogP contribution in [0, 0.1) is 5.82 Å². The van der Waals surface area contributed by atoms with Crippen molar-refractivity contribution in [2.75, 3.05) is 17.2 Å². The lowest BCUT2D eigenvalue weighted by atomic mass is 10.2. The van der Waals surface area contributed by atoms with E-state index in [0.29, 0.717) is 16.3 Å². The Balaban J connectivity index is 1.47. The SMILES string of the molecule is CC(=O)Nc1ccc2nc(NC(=O)CNC(=O)NCc3ccc(F)cc3)sc2c1. The molecule has 3 rings (SSSR count). The molecule has 0 aliphatic rings. The van der Waals surface area contributed by atoms with Crippen LogP contribution in [-0.2, 0) is 16.1 Å². The van der Waals surface area contributed by atoms with Crippen LogP contribution in [0.1, 0.15) is 12.5 Å². The van der Waals surface area contributed by atoms with E-state index in [4.69, 9.17) is 0 Å². The van der Waals surface area contributed by atoms with Gasteiger partial charge in [-0.3, -0.25) is 9.59 Å². The molecule has 0 atom stereocenters. The van der Waals surface area contributed by atoms with Gasteiger partial charge in [0, 0.05) is 19.2 Å². The number of amides is 4. The van der Waals surface area contributed by atoms with E-state index in [0.717, 1.165) is 10.3 Å². The van der Waals surface area contributed by atoms with Gasteiger partial charge in [0.15, 0.2) is 5.13 Å². The zero-order chi connectivity index (χ0) is 20.8. The molecule has 0 fully saturated rings. The van der Waals surface area contributed by atoms with E-state index >= 15 is 0 Å². The first-order valence-electron chi connectivity index (χ1n) is 8.63. The highest BCUT2D eigenvalue weighted by Crippen LogP contribution is 2.28. The average Bonchev–Trinajstić information content (AvgIpc) is 3.06.